The molecule has 20 heavy (non-hydrogen) atoms. The average molecular weight is 274 g/mol. The highest BCUT2D eigenvalue weighted by Gasteiger charge is 2.26. The van der Waals surface area contributed by atoms with Crippen molar-refractivity contribution in [3.8, 4) is 0 Å². The summed E-state index contributed by atoms with van der Waals surface area (Å²) < 4.78 is 5.26. The Balaban J connectivity index is 1.82. The van der Waals surface area contributed by atoms with Crippen LogP contribution < -0.4 is 0 Å². The number of aryl methyl sites for hydroxylation is 1. The molecule has 3 rings (SSSR count). The Hall–Kier alpha value is -1.85. The summed E-state index contributed by atoms with van der Waals surface area (Å²) in [6, 6.07) is 8.20. The summed E-state index contributed by atoms with van der Waals surface area (Å²) in [5.74, 6) is -0.884. The number of aromatic nitrogens is 1. The van der Waals surface area contributed by atoms with Crippen LogP contribution in [0.1, 0.15) is 11.3 Å². The van der Waals surface area contributed by atoms with Crippen LogP contribution in [-0.4, -0.2) is 46.8 Å². The number of fused-ring (bicyclic) bond motifs is 1. The van der Waals surface area contributed by atoms with E-state index in [9.17, 15) is 4.79 Å². The maximum Gasteiger partial charge on any atom is 0.334 e. The number of nitrogens with zero attached hydrogens (tertiary/aromatic N) is 1. The van der Waals surface area contributed by atoms with E-state index < -0.39 is 12.1 Å². The van der Waals surface area contributed by atoms with Crippen LogP contribution >= 0.6 is 0 Å². The quantitative estimate of drug-likeness (QED) is 0.895. The maximum atomic E-state index is 11.0. The standard InChI is InChI=1S/C15H18N2O3/c1-10-12(11-4-2-3-5-13(11)16-10)8-17-6-7-20-14(9-17)15(18)19/h2-5,14,16H,6-9H2,1H3,(H,18,19). The Kier molecular flexibility index (Phi) is 3.46. The number of morpholine rings is 1. The lowest BCUT2D eigenvalue weighted by atomic mass is 10.1. The molecule has 5 nitrogen and oxygen atoms in total. The van der Waals surface area contributed by atoms with Gasteiger partial charge < -0.3 is 14.8 Å². The third-order valence-electron chi connectivity index (χ3n) is 3.83. The minimum Gasteiger partial charge on any atom is -0.479 e. The number of carboxylic acids is 1. The molecule has 2 N–H and O–H groups in total. The van der Waals surface area contributed by atoms with Gasteiger partial charge in [-0.15, -0.1) is 0 Å². The Morgan fingerprint density at radius 2 is 2.30 bits per heavy atom. The van der Waals surface area contributed by atoms with Crippen molar-refractivity contribution < 1.29 is 14.6 Å². The van der Waals surface area contributed by atoms with Gasteiger partial charge in [-0.25, -0.2) is 4.79 Å². The van der Waals surface area contributed by atoms with E-state index in [0.29, 0.717) is 13.2 Å². The van der Waals surface area contributed by atoms with Crippen molar-refractivity contribution in [2.75, 3.05) is 19.7 Å². The van der Waals surface area contributed by atoms with Gasteiger partial charge in [-0.3, -0.25) is 4.90 Å². The minimum absolute atomic E-state index is 0.439. The summed E-state index contributed by atoms with van der Waals surface area (Å²) in [5, 5.41) is 10.3. The number of hydrogen-bond acceptors (Lipinski definition) is 3. The molecule has 1 aliphatic heterocycles. The Labute approximate surface area is 117 Å². The van der Waals surface area contributed by atoms with Gasteiger partial charge in [-0.05, 0) is 18.6 Å². The van der Waals surface area contributed by atoms with Crippen LogP contribution in [0.25, 0.3) is 10.9 Å². The lowest BCUT2D eigenvalue weighted by Crippen LogP contribution is -2.45. The molecule has 0 bridgehead atoms. The van der Waals surface area contributed by atoms with Crippen LogP contribution in [0.5, 0.6) is 0 Å². The fourth-order valence-electron chi connectivity index (χ4n) is 2.76. The number of hydrogen-bond donors (Lipinski definition) is 2. The first-order chi connectivity index (χ1) is 9.65. The zero-order valence-corrected chi connectivity index (χ0v) is 11.4. The fraction of sp³-hybridized carbons (Fsp3) is 0.400. The number of aliphatic carboxylic acids is 1. The van der Waals surface area contributed by atoms with Gasteiger partial charge in [0.25, 0.3) is 0 Å². The van der Waals surface area contributed by atoms with Gasteiger partial charge >= 0.3 is 5.97 Å². The number of benzene rings is 1. The molecule has 1 saturated heterocycles. The van der Waals surface area contributed by atoms with Gasteiger partial charge in [0.15, 0.2) is 6.10 Å². The monoisotopic (exact) mass is 274 g/mol. The second-order valence-corrected chi connectivity index (χ2v) is 5.21. The summed E-state index contributed by atoms with van der Waals surface area (Å²) in [6.07, 6.45) is -0.714. The molecule has 0 aliphatic carbocycles. The molecule has 1 aliphatic rings. The van der Waals surface area contributed by atoms with Crippen molar-refractivity contribution in [1.29, 1.82) is 0 Å². The van der Waals surface area contributed by atoms with Crippen LogP contribution in [-0.2, 0) is 16.1 Å². The molecule has 0 spiro atoms. The first kappa shape index (κ1) is 13.1. The van der Waals surface area contributed by atoms with E-state index in [-0.39, 0.29) is 0 Å². The van der Waals surface area contributed by atoms with Gasteiger partial charge in [-0.1, -0.05) is 18.2 Å². The molecule has 1 aromatic carbocycles. The first-order valence-corrected chi connectivity index (χ1v) is 6.78. The van der Waals surface area contributed by atoms with Gasteiger partial charge in [-0.2, -0.15) is 0 Å². The largest absolute Gasteiger partial charge is 0.479 e. The van der Waals surface area contributed by atoms with Crippen molar-refractivity contribution in [2.45, 2.75) is 19.6 Å². The van der Waals surface area contributed by atoms with E-state index in [1.165, 1.54) is 10.9 Å². The van der Waals surface area contributed by atoms with Gasteiger partial charge in [0.1, 0.15) is 0 Å². The SMILES string of the molecule is Cc1[nH]c2ccccc2c1CN1CCOC(C(=O)O)C1. The van der Waals surface area contributed by atoms with Gasteiger partial charge in [0.2, 0.25) is 0 Å². The van der Waals surface area contributed by atoms with E-state index in [4.69, 9.17) is 9.84 Å². The van der Waals surface area contributed by atoms with Crippen molar-refractivity contribution in [3.63, 3.8) is 0 Å². The van der Waals surface area contributed by atoms with Gasteiger partial charge in [0, 0.05) is 36.2 Å². The number of nitrogens with one attached hydrogen (secondary N) is 1. The van der Waals surface area contributed by atoms with E-state index in [1.807, 2.05) is 12.1 Å². The molecule has 1 fully saturated rings. The lowest BCUT2D eigenvalue weighted by Gasteiger charge is -2.30. The van der Waals surface area contributed by atoms with Crippen LogP contribution in [0.15, 0.2) is 24.3 Å². The highest BCUT2D eigenvalue weighted by Crippen LogP contribution is 2.24. The topological polar surface area (TPSA) is 65.6 Å². The highest BCUT2D eigenvalue weighted by atomic mass is 16.5. The Morgan fingerprint density at radius 1 is 1.50 bits per heavy atom. The van der Waals surface area contributed by atoms with Crippen LogP contribution in [0.2, 0.25) is 0 Å². The van der Waals surface area contributed by atoms with Crippen molar-refractivity contribution in [1.82, 2.24) is 9.88 Å². The average Bonchev–Trinajstić information content (AvgIpc) is 2.76. The molecule has 0 saturated carbocycles. The van der Waals surface area contributed by atoms with Crippen molar-refractivity contribution >= 4 is 16.9 Å². The molecule has 1 unspecified atom stereocenters. The lowest BCUT2D eigenvalue weighted by molar-refractivity contribution is -0.156. The van der Waals surface area contributed by atoms with Crippen LogP contribution in [0, 0.1) is 6.92 Å². The Bertz CT molecular complexity index is 635. The summed E-state index contributed by atoms with van der Waals surface area (Å²) in [4.78, 5) is 16.5. The predicted octanol–water partition coefficient (Wildman–Crippen LogP) is 1.76. The number of aromatic amines is 1. The third kappa shape index (κ3) is 2.42. The summed E-state index contributed by atoms with van der Waals surface area (Å²) >= 11 is 0. The van der Waals surface area contributed by atoms with E-state index >= 15 is 0 Å². The molecular formula is C15H18N2O3. The predicted molar refractivity (Wildman–Crippen MR) is 75.7 cm³/mol. The molecular weight excluding hydrogens is 256 g/mol. The molecule has 1 aromatic heterocycles. The second kappa shape index (κ2) is 5.26. The fourth-order valence-corrected chi connectivity index (χ4v) is 2.76. The third-order valence-corrected chi connectivity index (χ3v) is 3.83. The summed E-state index contributed by atoms with van der Waals surface area (Å²) in [5.41, 5.74) is 3.51. The van der Waals surface area contributed by atoms with E-state index in [1.54, 1.807) is 0 Å². The zero-order valence-electron chi connectivity index (χ0n) is 11.4. The smallest absolute Gasteiger partial charge is 0.334 e. The number of ether oxygens (including phenoxy) is 1. The van der Waals surface area contributed by atoms with Crippen molar-refractivity contribution in [3.05, 3.63) is 35.5 Å². The Morgan fingerprint density at radius 3 is 3.10 bits per heavy atom. The number of carbonyl (C=O) groups is 1. The minimum atomic E-state index is -0.884. The van der Waals surface area contributed by atoms with Crippen LogP contribution in [0.3, 0.4) is 0 Å². The van der Waals surface area contributed by atoms with E-state index in [2.05, 4.69) is 28.9 Å². The molecule has 5 heteroatoms. The first-order valence-electron chi connectivity index (χ1n) is 6.78. The molecule has 1 atom stereocenters. The maximum absolute atomic E-state index is 11.0. The van der Waals surface area contributed by atoms with Crippen LogP contribution in [0.4, 0.5) is 0 Å². The molecule has 0 amide bonds. The molecule has 106 valence electrons. The number of para-hydroxylation sites is 1. The summed E-state index contributed by atoms with van der Waals surface area (Å²) in [7, 11) is 0. The normalized spacial score (nSPS) is 20.4. The second-order valence-electron chi connectivity index (χ2n) is 5.21. The molecule has 2 aromatic rings. The molecule has 2 heterocycles. The number of H-pyrrole nitrogens is 1. The highest BCUT2D eigenvalue weighted by molar-refractivity contribution is 5.84. The van der Waals surface area contributed by atoms with E-state index in [0.717, 1.165) is 24.3 Å². The zero-order chi connectivity index (χ0) is 14.1. The van der Waals surface area contributed by atoms with Gasteiger partial charge in [0.05, 0.1) is 6.61 Å². The number of carboxylic acid groups (broad SMARTS) is 1. The summed E-state index contributed by atoms with van der Waals surface area (Å²) in [6.45, 7) is 4.49. The van der Waals surface area contributed by atoms with Crippen molar-refractivity contribution in [2.24, 2.45) is 0 Å². The number of rotatable bonds is 3. The molecule has 0 radical (unpaired) electrons.